The van der Waals surface area contributed by atoms with E-state index in [1.165, 1.54) is 11.3 Å². The van der Waals surface area contributed by atoms with Gasteiger partial charge < -0.3 is 5.11 Å². The third-order valence-corrected chi connectivity index (χ3v) is 7.04. The lowest BCUT2D eigenvalue weighted by Gasteiger charge is -2.30. The van der Waals surface area contributed by atoms with E-state index in [9.17, 15) is 13.5 Å². The average Bonchev–Trinajstić information content (AvgIpc) is 2.80. The second-order valence-corrected chi connectivity index (χ2v) is 10.4. The van der Waals surface area contributed by atoms with Crippen LogP contribution in [0.5, 0.6) is 0 Å². The van der Waals surface area contributed by atoms with Crippen LogP contribution in [0, 0.1) is 17.8 Å². The maximum atomic E-state index is 12.4. The van der Waals surface area contributed by atoms with Gasteiger partial charge in [0.1, 0.15) is 4.21 Å². The Morgan fingerprint density at radius 2 is 1.90 bits per heavy atom. The SMILES string of the molecule is CC(C)C[C@H](C(C)C)[C@H](CO)NS(=O)(=O)c1ccc(Br)s1. The summed E-state index contributed by atoms with van der Waals surface area (Å²) in [7, 11) is -3.59. The number of sulfonamides is 1. The van der Waals surface area contributed by atoms with E-state index in [4.69, 9.17) is 0 Å². The number of nitrogens with one attached hydrogen (secondary N) is 1. The first-order valence-corrected chi connectivity index (χ1v) is 10.1. The molecule has 1 aromatic heterocycles. The van der Waals surface area contributed by atoms with Gasteiger partial charge in [0.25, 0.3) is 0 Å². The zero-order chi connectivity index (χ0) is 16.2. The minimum atomic E-state index is -3.59. The summed E-state index contributed by atoms with van der Waals surface area (Å²) in [6, 6.07) is 2.82. The summed E-state index contributed by atoms with van der Waals surface area (Å²) >= 11 is 4.44. The Morgan fingerprint density at radius 1 is 1.29 bits per heavy atom. The fourth-order valence-electron chi connectivity index (χ4n) is 2.40. The van der Waals surface area contributed by atoms with Crippen LogP contribution in [-0.4, -0.2) is 26.2 Å². The lowest BCUT2D eigenvalue weighted by atomic mass is 9.82. The van der Waals surface area contributed by atoms with Crippen molar-refractivity contribution >= 4 is 37.3 Å². The third-order valence-electron chi connectivity index (χ3n) is 3.43. The van der Waals surface area contributed by atoms with E-state index in [0.29, 0.717) is 11.8 Å². The van der Waals surface area contributed by atoms with Gasteiger partial charge in [-0.15, -0.1) is 11.3 Å². The van der Waals surface area contributed by atoms with Gasteiger partial charge in [-0.2, -0.15) is 0 Å². The molecule has 0 unspecified atom stereocenters. The Kier molecular flexibility index (Phi) is 7.33. The molecule has 1 rings (SSSR count). The molecule has 1 heterocycles. The molecule has 0 aliphatic rings. The van der Waals surface area contributed by atoms with Crippen molar-refractivity contribution in [3.8, 4) is 0 Å². The molecular formula is C14H24BrNO3S2. The summed E-state index contributed by atoms with van der Waals surface area (Å²) in [6.07, 6.45) is 0.875. The molecule has 0 amide bonds. The van der Waals surface area contributed by atoms with Gasteiger partial charge in [0, 0.05) is 6.04 Å². The topological polar surface area (TPSA) is 66.4 Å². The van der Waals surface area contributed by atoms with Crippen molar-refractivity contribution in [3.63, 3.8) is 0 Å². The molecule has 7 heteroatoms. The number of thiophene rings is 1. The van der Waals surface area contributed by atoms with E-state index < -0.39 is 16.1 Å². The Balaban J connectivity index is 2.94. The summed E-state index contributed by atoms with van der Waals surface area (Å²) in [5.41, 5.74) is 0. The lowest BCUT2D eigenvalue weighted by molar-refractivity contribution is 0.169. The molecule has 2 atom stereocenters. The highest BCUT2D eigenvalue weighted by molar-refractivity contribution is 9.11. The number of rotatable bonds is 8. The van der Waals surface area contributed by atoms with Crippen LogP contribution in [0.2, 0.25) is 0 Å². The normalized spacial score (nSPS) is 15.6. The molecule has 0 fully saturated rings. The summed E-state index contributed by atoms with van der Waals surface area (Å²) < 4.78 is 28.5. The average molecular weight is 398 g/mol. The molecule has 0 bridgehead atoms. The minimum absolute atomic E-state index is 0.105. The monoisotopic (exact) mass is 397 g/mol. The van der Waals surface area contributed by atoms with E-state index in [2.05, 4.69) is 48.3 Å². The fourth-order valence-corrected chi connectivity index (χ4v) is 5.71. The molecule has 0 aromatic carbocycles. The van der Waals surface area contributed by atoms with Gasteiger partial charge in [0.2, 0.25) is 10.0 Å². The van der Waals surface area contributed by atoms with E-state index in [1.807, 2.05) is 0 Å². The Bertz CT molecular complexity index is 540. The molecule has 2 N–H and O–H groups in total. The highest BCUT2D eigenvalue weighted by Crippen LogP contribution is 2.28. The first-order valence-electron chi connectivity index (χ1n) is 7.06. The highest BCUT2D eigenvalue weighted by Gasteiger charge is 2.29. The summed E-state index contributed by atoms with van der Waals surface area (Å²) in [5.74, 6) is 0.849. The molecule has 0 aliphatic carbocycles. The Labute approximate surface area is 140 Å². The van der Waals surface area contributed by atoms with Crippen molar-refractivity contribution < 1.29 is 13.5 Å². The van der Waals surface area contributed by atoms with E-state index in [0.717, 1.165) is 10.2 Å². The van der Waals surface area contributed by atoms with Crippen LogP contribution in [0.1, 0.15) is 34.1 Å². The molecule has 1 aromatic rings. The maximum absolute atomic E-state index is 12.4. The van der Waals surface area contributed by atoms with E-state index in [1.54, 1.807) is 12.1 Å². The van der Waals surface area contributed by atoms with Gasteiger partial charge >= 0.3 is 0 Å². The first-order chi connectivity index (χ1) is 9.67. The molecule has 0 spiro atoms. The minimum Gasteiger partial charge on any atom is -0.395 e. The molecule has 21 heavy (non-hydrogen) atoms. The number of aliphatic hydroxyl groups is 1. The number of halogens is 1. The highest BCUT2D eigenvalue weighted by atomic mass is 79.9. The van der Waals surface area contributed by atoms with Crippen LogP contribution >= 0.6 is 27.3 Å². The second-order valence-electron chi connectivity index (χ2n) is 6.01. The molecule has 0 radical (unpaired) electrons. The molecule has 0 saturated carbocycles. The molecule has 0 aliphatic heterocycles. The van der Waals surface area contributed by atoms with Crippen molar-refractivity contribution in [3.05, 3.63) is 15.9 Å². The van der Waals surface area contributed by atoms with Crippen LogP contribution in [-0.2, 0) is 10.0 Å². The Hall–Kier alpha value is 0.0500. The van der Waals surface area contributed by atoms with Crippen LogP contribution in [0.25, 0.3) is 0 Å². The molecule has 4 nitrogen and oxygen atoms in total. The van der Waals surface area contributed by atoms with Gasteiger partial charge in [-0.1, -0.05) is 27.7 Å². The Morgan fingerprint density at radius 3 is 2.29 bits per heavy atom. The van der Waals surface area contributed by atoms with Crippen molar-refractivity contribution in [1.29, 1.82) is 0 Å². The summed E-state index contributed by atoms with van der Waals surface area (Å²) in [4.78, 5) is 0. The van der Waals surface area contributed by atoms with Crippen LogP contribution in [0.15, 0.2) is 20.1 Å². The quantitative estimate of drug-likeness (QED) is 0.705. The van der Waals surface area contributed by atoms with E-state index in [-0.39, 0.29) is 16.7 Å². The third kappa shape index (κ3) is 5.63. The molecule has 0 saturated heterocycles. The predicted molar refractivity (Wildman–Crippen MR) is 91.0 cm³/mol. The first kappa shape index (κ1) is 19.1. The largest absolute Gasteiger partial charge is 0.395 e. The maximum Gasteiger partial charge on any atom is 0.250 e. The van der Waals surface area contributed by atoms with Crippen molar-refractivity contribution in [1.82, 2.24) is 4.72 Å². The van der Waals surface area contributed by atoms with Crippen molar-refractivity contribution in [2.45, 2.75) is 44.4 Å². The fraction of sp³-hybridized carbons (Fsp3) is 0.714. The molecule has 122 valence electrons. The van der Waals surface area contributed by atoms with Gasteiger partial charge in [0.05, 0.1) is 10.4 Å². The zero-order valence-electron chi connectivity index (χ0n) is 12.8. The number of aliphatic hydroxyl groups excluding tert-OH is 1. The van der Waals surface area contributed by atoms with Crippen molar-refractivity contribution in [2.24, 2.45) is 17.8 Å². The predicted octanol–water partition coefficient (Wildman–Crippen LogP) is 3.47. The van der Waals surface area contributed by atoms with Crippen LogP contribution in [0.3, 0.4) is 0 Å². The van der Waals surface area contributed by atoms with E-state index >= 15 is 0 Å². The lowest BCUT2D eigenvalue weighted by Crippen LogP contribution is -2.44. The standard InChI is InChI=1S/C14H24BrNO3S2/c1-9(2)7-11(10(3)4)12(8-17)16-21(18,19)14-6-5-13(15)20-14/h5-6,9-12,16-17H,7-8H2,1-4H3/t11-,12+/m1/s1. The molecular weight excluding hydrogens is 374 g/mol. The van der Waals surface area contributed by atoms with Crippen molar-refractivity contribution in [2.75, 3.05) is 6.61 Å². The van der Waals surface area contributed by atoms with Gasteiger partial charge in [0.15, 0.2) is 0 Å². The van der Waals surface area contributed by atoms with Gasteiger partial charge in [-0.25, -0.2) is 13.1 Å². The second kappa shape index (κ2) is 8.06. The number of hydrogen-bond donors (Lipinski definition) is 2. The van der Waals surface area contributed by atoms with Gasteiger partial charge in [-0.05, 0) is 52.2 Å². The van der Waals surface area contributed by atoms with Crippen LogP contribution in [0.4, 0.5) is 0 Å². The summed E-state index contributed by atoms with van der Waals surface area (Å²) in [6.45, 7) is 8.14. The van der Waals surface area contributed by atoms with Crippen LogP contribution < -0.4 is 4.72 Å². The smallest absolute Gasteiger partial charge is 0.250 e. The zero-order valence-corrected chi connectivity index (χ0v) is 16.1. The van der Waals surface area contributed by atoms with Gasteiger partial charge in [-0.3, -0.25) is 0 Å². The number of hydrogen-bond acceptors (Lipinski definition) is 4. The summed E-state index contributed by atoms with van der Waals surface area (Å²) in [5, 5.41) is 9.64.